The summed E-state index contributed by atoms with van der Waals surface area (Å²) in [4.78, 5) is 21.2. The molecule has 9 heteroatoms. The zero-order valence-electron chi connectivity index (χ0n) is 13.0. The molecule has 0 aliphatic heterocycles. The van der Waals surface area contributed by atoms with Crippen LogP contribution in [-0.2, 0) is 9.09 Å². The molecular formula is C14H13K2O6P. The second-order valence-corrected chi connectivity index (χ2v) is 5.19. The second-order valence-electron chi connectivity index (χ2n) is 4.03. The monoisotopic (exact) mass is 386 g/mol. The fourth-order valence-corrected chi connectivity index (χ4v) is 1.85. The fourth-order valence-electron chi connectivity index (χ4n) is 1.55. The Morgan fingerprint density at radius 3 is 1.57 bits per heavy atom. The average Bonchev–Trinajstić information content (AvgIpc) is 2.46. The van der Waals surface area contributed by atoms with Crippen molar-refractivity contribution in [1.29, 1.82) is 0 Å². The Labute approximate surface area is 220 Å². The minimum absolute atomic E-state index is 0. The largest absolute Gasteiger partial charge is 1.00 e. The normalized spacial score (nSPS) is 10.4. The molecule has 0 amide bonds. The van der Waals surface area contributed by atoms with E-state index in [-0.39, 0.29) is 103 Å². The van der Waals surface area contributed by atoms with Gasteiger partial charge in [0.1, 0.15) is 18.1 Å². The molecule has 0 unspecified atom stereocenters. The van der Waals surface area contributed by atoms with Crippen molar-refractivity contribution in [1.82, 2.24) is 0 Å². The fraction of sp³-hybridized carbons (Fsp3) is 0.143. The van der Waals surface area contributed by atoms with Gasteiger partial charge >= 0.3 is 103 Å². The van der Waals surface area contributed by atoms with Crippen LogP contribution in [0, 0.1) is 0 Å². The first-order valence-corrected chi connectivity index (χ1v) is 7.59. The number of benzene rings is 2. The summed E-state index contributed by atoms with van der Waals surface area (Å²) in [5.74, 6) is 0.933. The molecule has 0 aliphatic rings. The predicted molar refractivity (Wildman–Crippen MR) is 71.5 cm³/mol. The Kier molecular flexibility index (Phi) is 13.5. The summed E-state index contributed by atoms with van der Waals surface area (Å²) >= 11 is 0. The first kappa shape index (κ1) is 24.4. The molecule has 0 N–H and O–H groups in total. The summed E-state index contributed by atoms with van der Waals surface area (Å²) in [5.41, 5.74) is 0. The SMILES string of the molecule is O=P([O-])([O-])OCC(Oc1ccccc1)Oc1ccccc1.[K+].[K+]. The van der Waals surface area contributed by atoms with E-state index in [1.807, 2.05) is 0 Å². The van der Waals surface area contributed by atoms with E-state index in [1.165, 1.54) is 0 Å². The van der Waals surface area contributed by atoms with Gasteiger partial charge in [-0.1, -0.05) is 36.4 Å². The molecule has 0 atom stereocenters. The topological polar surface area (TPSA) is 90.9 Å². The van der Waals surface area contributed by atoms with Gasteiger partial charge in [0.25, 0.3) is 6.29 Å². The molecule has 23 heavy (non-hydrogen) atoms. The smallest absolute Gasteiger partial charge is 0.790 e. The van der Waals surface area contributed by atoms with Gasteiger partial charge in [0, 0.05) is 0 Å². The van der Waals surface area contributed by atoms with E-state index >= 15 is 0 Å². The van der Waals surface area contributed by atoms with Gasteiger partial charge in [-0.25, -0.2) is 0 Å². The van der Waals surface area contributed by atoms with Crippen LogP contribution in [0.1, 0.15) is 0 Å². The molecular weight excluding hydrogens is 373 g/mol. The third-order valence-corrected chi connectivity index (χ3v) is 2.86. The Bertz CT molecular complexity index is 551. The van der Waals surface area contributed by atoms with E-state index < -0.39 is 20.7 Å². The number of ether oxygens (including phenoxy) is 2. The Balaban J connectivity index is 0.00000242. The zero-order chi connectivity index (χ0) is 15.1. The van der Waals surface area contributed by atoms with Crippen LogP contribution < -0.4 is 122 Å². The Morgan fingerprint density at radius 1 is 0.826 bits per heavy atom. The minimum Gasteiger partial charge on any atom is -0.790 e. The third kappa shape index (κ3) is 10.9. The van der Waals surface area contributed by atoms with Gasteiger partial charge in [-0.2, -0.15) is 0 Å². The number of para-hydroxylation sites is 2. The van der Waals surface area contributed by atoms with E-state index in [0.29, 0.717) is 11.5 Å². The molecule has 2 aromatic rings. The molecule has 0 fully saturated rings. The molecule has 0 saturated carbocycles. The average molecular weight is 386 g/mol. The van der Waals surface area contributed by atoms with E-state index in [4.69, 9.17) is 9.47 Å². The van der Waals surface area contributed by atoms with Crippen molar-refractivity contribution in [2.75, 3.05) is 6.61 Å². The third-order valence-electron chi connectivity index (χ3n) is 2.39. The van der Waals surface area contributed by atoms with Crippen LogP contribution in [0.15, 0.2) is 60.7 Å². The van der Waals surface area contributed by atoms with Crippen LogP contribution in [-0.4, -0.2) is 12.9 Å². The van der Waals surface area contributed by atoms with Crippen molar-refractivity contribution < 1.29 is 131 Å². The van der Waals surface area contributed by atoms with Crippen molar-refractivity contribution in [2.24, 2.45) is 0 Å². The molecule has 112 valence electrons. The van der Waals surface area contributed by atoms with Crippen LogP contribution in [0.5, 0.6) is 11.5 Å². The van der Waals surface area contributed by atoms with Gasteiger partial charge in [0.2, 0.25) is 0 Å². The van der Waals surface area contributed by atoms with Crippen molar-refractivity contribution in [3.05, 3.63) is 60.7 Å². The van der Waals surface area contributed by atoms with Crippen molar-refractivity contribution >= 4 is 7.82 Å². The Hall–Kier alpha value is 1.42. The quantitative estimate of drug-likeness (QED) is 0.270. The Morgan fingerprint density at radius 2 is 1.22 bits per heavy atom. The summed E-state index contributed by atoms with van der Waals surface area (Å²) in [7, 11) is -5.09. The first-order chi connectivity index (χ1) is 10.0. The van der Waals surface area contributed by atoms with Crippen LogP contribution >= 0.6 is 7.82 Å². The molecule has 0 spiro atoms. The van der Waals surface area contributed by atoms with Gasteiger partial charge in [0.05, 0.1) is 7.82 Å². The van der Waals surface area contributed by atoms with E-state index in [2.05, 4.69) is 4.52 Å². The maximum absolute atomic E-state index is 10.6. The summed E-state index contributed by atoms with van der Waals surface area (Å²) in [6.45, 7) is -0.534. The summed E-state index contributed by atoms with van der Waals surface area (Å²) in [6.07, 6.45) is -1.06. The van der Waals surface area contributed by atoms with Crippen LogP contribution in [0.3, 0.4) is 0 Å². The number of hydrogen-bond acceptors (Lipinski definition) is 6. The number of rotatable bonds is 7. The molecule has 2 aromatic carbocycles. The van der Waals surface area contributed by atoms with Gasteiger partial charge in [0.15, 0.2) is 0 Å². The minimum atomic E-state index is -5.09. The van der Waals surface area contributed by atoms with Crippen LogP contribution in [0.4, 0.5) is 0 Å². The number of phosphoric acid groups is 1. The van der Waals surface area contributed by atoms with E-state index in [0.717, 1.165) is 0 Å². The van der Waals surface area contributed by atoms with Crippen LogP contribution in [0.25, 0.3) is 0 Å². The molecule has 0 radical (unpaired) electrons. The van der Waals surface area contributed by atoms with Crippen molar-refractivity contribution in [3.63, 3.8) is 0 Å². The van der Waals surface area contributed by atoms with Gasteiger partial charge < -0.3 is 28.3 Å². The second kappa shape index (κ2) is 12.7. The van der Waals surface area contributed by atoms with E-state index in [1.54, 1.807) is 60.7 Å². The molecule has 0 aromatic heterocycles. The molecule has 6 nitrogen and oxygen atoms in total. The maximum atomic E-state index is 10.6. The van der Waals surface area contributed by atoms with Gasteiger partial charge in [-0.15, -0.1) is 0 Å². The summed E-state index contributed by atoms with van der Waals surface area (Å²) in [5, 5.41) is 0. The number of hydrogen-bond donors (Lipinski definition) is 0. The maximum Gasteiger partial charge on any atom is 1.00 e. The molecule has 2 rings (SSSR count). The van der Waals surface area contributed by atoms with Gasteiger partial charge in [-0.05, 0) is 24.3 Å². The number of phosphoric ester groups is 1. The molecule has 0 aliphatic carbocycles. The van der Waals surface area contributed by atoms with Gasteiger partial charge in [-0.3, -0.25) is 0 Å². The zero-order valence-corrected chi connectivity index (χ0v) is 20.1. The summed E-state index contributed by atoms with van der Waals surface area (Å²) in [6, 6.07) is 17.3. The molecule has 0 heterocycles. The van der Waals surface area contributed by atoms with E-state index in [9.17, 15) is 14.4 Å². The summed E-state index contributed by atoms with van der Waals surface area (Å²) < 4.78 is 25.7. The van der Waals surface area contributed by atoms with Crippen molar-refractivity contribution in [2.45, 2.75) is 6.29 Å². The molecule has 0 bridgehead atoms. The standard InChI is InChI=1S/C14H15O6P.2K/c15-21(16,17)18-11-14(19-12-7-3-1-4-8-12)20-13-9-5-2-6-10-13;;/h1-10,14H,11H2,(H2,15,16,17);;/q;2*+1/p-2. The molecule has 0 saturated heterocycles. The van der Waals surface area contributed by atoms with Crippen molar-refractivity contribution in [3.8, 4) is 11.5 Å². The van der Waals surface area contributed by atoms with Crippen LogP contribution in [0.2, 0.25) is 0 Å². The predicted octanol–water partition coefficient (Wildman–Crippen LogP) is -4.68. The first-order valence-electron chi connectivity index (χ1n) is 6.13.